The Bertz CT molecular complexity index is 629. The molecule has 1 heterocycles. The van der Waals surface area contributed by atoms with Crippen LogP contribution in [-0.4, -0.2) is 15.1 Å². The van der Waals surface area contributed by atoms with Gasteiger partial charge in [0.15, 0.2) is 0 Å². The van der Waals surface area contributed by atoms with E-state index in [1.807, 2.05) is 13.1 Å². The molecule has 1 aromatic carbocycles. The van der Waals surface area contributed by atoms with Crippen LogP contribution in [0.4, 0.5) is 4.39 Å². The van der Waals surface area contributed by atoms with Crippen LogP contribution in [0.5, 0.6) is 0 Å². The van der Waals surface area contributed by atoms with Gasteiger partial charge in [0.2, 0.25) is 0 Å². The minimum absolute atomic E-state index is 0.0438. The number of halogens is 2. The lowest BCUT2D eigenvalue weighted by molar-refractivity contribution is 0.416. The molecule has 3 nitrogen and oxygen atoms in total. The number of imidazole rings is 1. The first-order chi connectivity index (χ1) is 9.76. The van der Waals surface area contributed by atoms with Crippen molar-refractivity contribution in [2.75, 3.05) is 0 Å². The molecule has 1 aromatic heterocycles. The van der Waals surface area contributed by atoms with Gasteiger partial charge in [-0.05, 0) is 45.4 Å². The molecular weight excluding hydrogens is 289 g/mol. The molecule has 5 heteroatoms. The number of aromatic nitrogens is 2. The van der Waals surface area contributed by atoms with E-state index in [1.54, 1.807) is 12.1 Å². The largest absolute Gasteiger partial charge is 0.327 e. The normalized spacial score (nSPS) is 11.9. The van der Waals surface area contributed by atoms with Gasteiger partial charge in [0.1, 0.15) is 11.6 Å². The van der Waals surface area contributed by atoms with Crippen molar-refractivity contribution in [2.24, 2.45) is 0 Å². The van der Waals surface area contributed by atoms with Gasteiger partial charge in [-0.25, -0.2) is 9.37 Å². The third kappa shape index (κ3) is 4.29. The van der Waals surface area contributed by atoms with Gasteiger partial charge in [0.05, 0.1) is 10.7 Å². The third-order valence-corrected chi connectivity index (χ3v) is 3.55. The topological polar surface area (TPSA) is 29.9 Å². The summed E-state index contributed by atoms with van der Waals surface area (Å²) in [6, 6.07) is 4.82. The van der Waals surface area contributed by atoms with Crippen LogP contribution in [0.1, 0.15) is 37.9 Å². The van der Waals surface area contributed by atoms with Gasteiger partial charge in [0, 0.05) is 24.8 Å². The molecule has 1 N–H and O–H groups in total. The van der Waals surface area contributed by atoms with Gasteiger partial charge in [-0.3, -0.25) is 0 Å². The second-order valence-corrected chi connectivity index (χ2v) is 6.64. The Balaban J connectivity index is 2.19. The predicted octanol–water partition coefficient (Wildman–Crippen LogP) is 3.92. The van der Waals surface area contributed by atoms with Crippen LogP contribution >= 0.6 is 11.6 Å². The van der Waals surface area contributed by atoms with Crippen molar-refractivity contribution in [1.82, 2.24) is 14.9 Å². The smallest absolute Gasteiger partial charge is 0.141 e. The van der Waals surface area contributed by atoms with Gasteiger partial charge < -0.3 is 9.88 Å². The highest BCUT2D eigenvalue weighted by Gasteiger charge is 2.13. The van der Waals surface area contributed by atoms with Crippen molar-refractivity contribution in [3.8, 4) is 0 Å². The zero-order chi connectivity index (χ0) is 15.6. The fraction of sp³-hybridized carbons (Fsp3) is 0.438. The standard InChI is InChI=1S/C16H21ClFN3/c1-11-19-8-13(9-20-16(2,3)4)21(11)10-12-5-6-15(18)14(17)7-12/h5-8,20H,9-10H2,1-4H3. The maximum Gasteiger partial charge on any atom is 0.141 e. The first kappa shape index (κ1) is 16.0. The van der Waals surface area contributed by atoms with E-state index in [9.17, 15) is 4.39 Å². The number of aryl methyl sites for hydroxylation is 1. The molecule has 114 valence electrons. The summed E-state index contributed by atoms with van der Waals surface area (Å²) in [5, 5.41) is 3.60. The number of benzene rings is 1. The maximum atomic E-state index is 13.2. The molecule has 0 radical (unpaired) electrons. The monoisotopic (exact) mass is 309 g/mol. The summed E-state index contributed by atoms with van der Waals surface area (Å²) in [6.45, 7) is 9.71. The average Bonchev–Trinajstić information content (AvgIpc) is 2.72. The number of hydrogen-bond donors (Lipinski definition) is 1. The molecular formula is C16H21ClFN3. The highest BCUT2D eigenvalue weighted by molar-refractivity contribution is 6.30. The lowest BCUT2D eigenvalue weighted by Gasteiger charge is -2.21. The third-order valence-electron chi connectivity index (χ3n) is 3.26. The fourth-order valence-electron chi connectivity index (χ4n) is 2.05. The molecule has 21 heavy (non-hydrogen) atoms. The average molecular weight is 310 g/mol. The Kier molecular flexibility index (Phi) is 4.69. The summed E-state index contributed by atoms with van der Waals surface area (Å²) in [5.41, 5.74) is 2.10. The predicted molar refractivity (Wildman–Crippen MR) is 84.1 cm³/mol. The van der Waals surface area contributed by atoms with Crippen LogP contribution in [0.25, 0.3) is 0 Å². The lowest BCUT2D eigenvalue weighted by atomic mass is 10.1. The van der Waals surface area contributed by atoms with Crippen molar-refractivity contribution in [3.63, 3.8) is 0 Å². The van der Waals surface area contributed by atoms with Crippen molar-refractivity contribution < 1.29 is 4.39 Å². The second-order valence-electron chi connectivity index (χ2n) is 6.23. The first-order valence-corrected chi connectivity index (χ1v) is 7.34. The van der Waals surface area contributed by atoms with E-state index in [-0.39, 0.29) is 10.6 Å². The highest BCUT2D eigenvalue weighted by Crippen LogP contribution is 2.18. The zero-order valence-electron chi connectivity index (χ0n) is 12.9. The summed E-state index contributed by atoms with van der Waals surface area (Å²) in [7, 11) is 0. The van der Waals surface area contributed by atoms with E-state index in [0.29, 0.717) is 6.54 Å². The molecule has 0 saturated heterocycles. The molecule has 0 aliphatic rings. The number of nitrogens with one attached hydrogen (secondary N) is 1. The first-order valence-electron chi connectivity index (χ1n) is 6.96. The van der Waals surface area contributed by atoms with Gasteiger partial charge in [0.25, 0.3) is 0 Å². The molecule has 0 saturated carbocycles. The van der Waals surface area contributed by atoms with Crippen LogP contribution in [-0.2, 0) is 13.1 Å². The quantitative estimate of drug-likeness (QED) is 0.927. The molecule has 0 aliphatic heterocycles. The van der Waals surface area contributed by atoms with Crippen LogP contribution in [0.2, 0.25) is 5.02 Å². The van der Waals surface area contributed by atoms with Crippen LogP contribution in [0.3, 0.4) is 0 Å². The highest BCUT2D eigenvalue weighted by atomic mass is 35.5. The molecule has 0 spiro atoms. The Morgan fingerprint density at radius 3 is 2.67 bits per heavy atom. The molecule has 0 aliphatic carbocycles. The van der Waals surface area contributed by atoms with Crippen LogP contribution < -0.4 is 5.32 Å². The van der Waals surface area contributed by atoms with Gasteiger partial charge in [-0.1, -0.05) is 17.7 Å². The summed E-state index contributed by atoms with van der Waals surface area (Å²) in [4.78, 5) is 4.37. The number of rotatable bonds is 4. The number of hydrogen-bond acceptors (Lipinski definition) is 2. The van der Waals surface area contributed by atoms with Gasteiger partial charge in [-0.2, -0.15) is 0 Å². The molecule has 0 amide bonds. The second kappa shape index (κ2) is 6.16. The minimum Gasteiger partial charge on any atom is -0.327 e. The molecule has 0 fully saturated rings. The fourth-order valence-corrected chi connectivity index (χ4v) is 2.25. The Morgan fingerprint density at radius 2 is 2.05 bits per heavy atom. The molecule has 0 bridgehead atoms. The Morgan fingerprint density at radius 1 is 1.33 bits per heavy atom. The summed E-state index contributed by atoms with van der Waals surface area (Å²) in [5.74, 6) is 0.540. The van der Waals surface area contributed by atoms with Gasteiger partial charge in [-0.15, -0.1) is 0 Å². The van der Waals surface area contributed by atoms with E-state index >= 15 is 0 Å². The van der Waals surface area contributed by atoms with Gasteiger partial charge >= 0.3 is 0 Å². The maximum absolute atomic E-state index is 13.2. The molecule has 0 atom stereocenters. The molecule has 2 rings (SSSR count). The van der Waals surface area contributed by atoms with Crippen LogP contribution in [0, 0.1) is 12.7 Å². The van der Waals surface area contributed by atoms with E-state index in [2.05, 4.69) is 35.6 Å². The van der Waals surface area contributed by atoms with Crippen LogP contribution in [0.15, 0.2) is 24.4 Å². The zero-order valence-corrected chi connectivity index (χ0v) is 13.6. The summed E-state index contributed by atoms with van der Waals surface area (Å²) >= 11 is 5.84. The van der Waals surface area contributed by atoms with E-state index in [1.165, 1.54) is 6.07 Å². The number of nitrogens with zero attached hydrogens (tertiary/aromatic N) is 2. The molecule has 0 unspecified atom stereocenters. The van der Waals surface area contributed by atoms with E-state index < -0.39 is 5.82 Å². The van der Waals surface area contributed by atoms with E-state index in [0.717, 1.165) is 23.6 Å². The SMILES string of the molecule is Cc1ncc(CNC(C)(C)C)n1Cc1ccc(F)c(Cl)c1. The van der Waals surface area contributed by atoms with Crippen molar-refractivity contribution in [3.05, 3.63) is 52.3 Å². The van der Waals surface area contributed by atoms with E-state index in [4.69, 9.17) is 11.6 Å². The van der Waals surface area contributed by atoms with Crippen molar-refractivity contribution in [2.45, 2.75) is 46.3 Å². The minimum atomic E-state index is -0.391. The summed E-state index contributed by atoms with van der Waals surface area (Å²) in [6.07, 6.45) is 1.87. The Hall–Kier alpha value is -1.39. The molecule has 2 aromatic rings. The van der Waals surface area contributed by atoms with Crippen molar-refractivity contribution in [1.29, 1.82) is 0 Å². The Labute approximate surface area is 130 Å². The van der Waals surface area contributed by atoms with Crippen molar-refractivity contribution >= 4 is 11.6 Å². The lowest BCUT2D eigenvalue weighted by Crippen LogP contribution is -2.35. The summed E-state index contributed by atoms with van der Waals surface area (Å²) < 4.78 is 15.3.